The number of thiazole rings is 1. The summed E-state index contributed by atoms with van der Waals surface area (Å²) in [5, 5.41) is 6.37. The summed E-state index contributed by atoms with van der Waals surface area (Å²) in [6, 6.07) is 5.87. The molecule has 3 nitrogen and oxygen atoms in total. The van der Waals surface area contributed by atoms with Crippen LogP contribution in [0.4, 0.5) is 0 Å². The molecule has 2 heterocycles. The molecular weight excluding hydrogens is 230 g/mol. The lowest BCUT2D eigenvalue weighted by Crippen LogP contribution is -2.14. The average molecular weight is 245 g/mol. The third kappa shape index (κ3) is 3.47. The molecule has 88 valence electrons. The molecule has 1 N–H and O–H groups in total. The number of aromatic nitrogens is 2. The van der Waals surface area contributed by atoms with Gasteiger partial charge in [-0.1, -0.05) is 12.1 Å². The van der Waals surface area contributed by atoms with Crippen LogP contribution in [0.3, 0.4) is 0 Å². The first-order chi connectivity index (χ1) is 8.40. The third-order valence-electron chi connectivity index (χ3n) is 2.27. The summed E-state index contributed by atoms with van der Waals surface area (Å²) in [6.07, 6.45) is 4.68. The number of nitrogens with zero attached hydrogens (tertiary/aromatic N) is 2. The highest BCUT2D eigenvalue weighted by Crippen LogP contribution is 2.20. The molecule has 2 aromatic heterocycles. The Labute approximate surface area is 105 Å². The standard InChI is InChI=1S/C13H15N3S/c1-2-3-7-14-9-11-10-17-13(16-11)12-6-4-5-8-15-12/h2,4-6,8,10,14H,1,3,7,9H2. The van der Waals surface area contributed by atoms with Gasteiger partial charge in [0.2, 0.25) is 0 Å². The summed E-state index contributed by atoms with van der Waals surface area (Å²) in [5.41, 5.74) is 2.01. The second-order valence-corrected chi connectivity index (χ2v) is 4.47. The normalized spacial score (nSPS) is 10.4. The summed E-state index contributed by atoms with van der Waals surface area (Å²) < 4.78 is 0. The SMILES string of the molecule is C=CCCNCc1csc(-c2ccccn2)n1. The van der Waals surface area contributed by atoms with Crippen LogP contribution < -0.4 is 5.32 Å². The van der Waals surface area contributed by atoms with Gasteiger partial charge in [-0.15, -0.1) is 17.9 Å². The molecule has 0 saturated carbocycles. The molecular formula is C13H15N3S. The molecule has 0 radical (unpaired) electrons. The van der Waals surface area contributed by atoms with Crippen LogP contribution in [0.1, 0.15) is 12.1 Å². The van der Waals surface area contributed by atoms with Gasteiger partial charge in [0, 0.05) is 18.1 Å². The second kappa shape index (κ2) is 6.27. The fourth-order valence-electron chi connectivity index (χ4n) is 1.42. The minimum absolute atomic E-state index is 0.803. The Hall–Kier alpha value is -1.52. The smallest absolute Gasteiger partial charge is 0.142 e. The fraction of sp³-hybridized carbons (Fsp3) is 0.231. The van der Waals surface area contributed by atoms with Crippen LogP contribution in [0.5, 0.6) is 0 Å². The van der Waals surface area contributed by atoms with Gasteiger partial charge < -0.3 is 5.32 Å². The Bertz CT molecular complexity index is 465. The third-order valence-corrected chi connectivity index (χ3v) is 3.18. The van der Waals surface area contributed by atoms with E-state index in [0.717, 1.165) is 35.9 Å². The Morgan fingerprint density at radius 3 is 3.12 bits per heavy atom. The van der Waals surface area contributed by atoms with E-state index in [1.54, 1.807) is 17.5 Å². The largest absolute Gasteiger partial charge is 0.311 e. The summed E-state index contributed by atoms with van der Waals surface area (Å²) in [6.45, 7) is 5.43. The van der Waals surface area contributed by atoms with Gasteiger partial charge in [-0.2, -0.15) is 0 Å². The molecule has 0 atom stereocenters. The molecule has 4 heteroatoms. The maximum absolute atomic E-state index is 4.55. The van der Waals surface area contributed by atoms with Crippen molar-refractivity contribution >= 4 is 11.3 Å². The van der Waals surface area contributed by atoms with Crippen molar-refractivity contribution in [2.24, 2.45) is 0 Å². The summed E-state index contributed by atoms with van der Waals surface area (Å²) >= 11 is 1.63. The highest BCUT2D eigenvalue weighted by Gasteiger charge is 2.04. The van der Waals surface area contributed by atoms with Gasteiger partial charge in [0.15, 0.2) is 0 Å². The van der Waals surface area contributed by atoms with Crippen LogP contribution in [-0.2, 0) is 6.54 Å². The van der Waals surface area contributed by atoms with E-state index < -0.39 is 0 Å². The molecule has 2 rings (SSSR count). The van der Waals surface area contributed by atoms with Gasteiger partial charge >= 0.3 is 0 Å². The van der Waals surface area contributed by atoms with E-state index in [9.17, 15) is 0 Å². The van der Waals surface area contributed by atoms with Crippen molar-refractivity contribution in [3.8, 4) is 10.7 Å². The first kappa shape index (κ1) is 12.0. The number of hydrogen-bond acceptors (Lipinski definition) is 4. The Balaban J connectivity index is 1.94. The highest BCUT2D eigenvalue weighted by atomic mass is 32.1. The summed E-state index contributed by atoms with van der Waals surface area (Å²) in [4.78, 5) is 8.83. The molecule has 0 unspecified atom stereocenters. The average Bonchev–Trinajstić information content (AvgIpc) is 2.85. The maximum atomic E-state index is 4.55. The number of rotatable bonds is 6. The molecule has 0 spiro atoms. The molecule has 0 aliphatic heterocycles. The van der Waals surface area contributed by atoms with Crippen LogP contribution in [0, 0.1) is 0 Å². The predicted molar refractivity (Wildman–Crippen MR) is 71.9 cm³/mol. The van der Waals surface area contributed by atoms with E-state index in [0.29, 0.717) is 0 Å². The van der Waals surface area contributed by atoms with Crippen LogP contribution in [-0.4, -0.2) is 16.5 Å². The van der Waals surface area contributed by atoms with Gasteiger partial charge in [-0.25, -0.2) is 4.98 Å². The van der Waals surface area contributed by atoms with Gasteiger partial charge in [0.1, 0.15) is 5.01 Å². The lowest BCUT2D eigenvalue weighted by molar-refractivity contribution is 0.686. The quantitative estimate of drug-likeness (QED) is 0.628. The van der Waals surface area contributed by atoms with Gasteiger partial charge in [0.05, 0.1) is 11.4 Å². The zero-order chi connectivity index (χ0) is 11.9. The first-order valence-electron chi connectivity index (χ1n) is 5.57. The predicted octanol–water partition coefficient (Wildman–Crippen LogP) is 2.87. The maximum Gasteiger partial charge on any atom is 0.142 e. The molecule has 0 aliphatic rings. The van der Waals surface area contributed by atoms with E-state index in [-0.39, 0.29) is 0 Å². The minimum atomic E-state index is 0.803. The monoisotopic (exact) mass is 245 g/mol. The number of pyridine rings is 1. The van der Waals surface area contributed by atoms with Gasteiger partial charge in [-0.05, 0) is 25.1 Å². The molecule has 0 saturated heterocycles. The van der Waals surface area contributed by atoms with Crippen LogP contribution in [0.2, 0.25) is 0 Å². The van der Waals surface area contributed by atoms with E-state index in [4.69, 9.17) is 0 Å². The molecule has 0 bridgehead atoms. The lowest BCUT2D eigenvalue weighted by Gasteiger charge is -1.98. The van der Waals surface area contributed by atoms with Crippen molar-refractivity contribution in [1.82, 2.24) is 15.3 Å². The van der Waals surface area contributed by atoms with Crippen molar-refractivity contribution in [3.63, 3.8) is 0 Å². The van der Waals surface area contributed by atoms with E-state index in [1.807, 2.05) is 24.3 Å². The van der Waals surface area contributed by atoms with E-state index >= 15 is 0 Å². The van der Waals surface area contributed by atoms with E-state index in [2.05, 4.69) is 27.2 Å². The van der Waals surface area contributed by atoms with Crippen molar-refractivity contribution in [2.75, 3.05) is 6.54 Å². The van der Waals surface area contributed by atoms with Crippen molar-refractivity contribution < 1.29 is 0 Å². The molecule has 2 aromatic rings. The zero-order valence-electron chi connectivity index (χ0n) is 9.60. The molecule has 0 fully saturated rings. The van der Waals surface area contributed by atoms with Crippen LogP contribution in [0.15, 0.2) is 42.4 Å². The fourth-order valence-corrected chi connectivity index (χ4v) is 2.21. The van der Waals surface area contributed by atoms with Crippen molar-refractivity contribution in [2.45, 2.75) is 13.0 Å². The topological polar surface area (TPSA) is 37.8 Å². The highest BCUT2D eigenvalue weighted by molar-refractivity contribution is 7.13. The van der Waals surface area contributed by atoms with E-state index in [1.165, 1.54) is 0 Å². The summed E-state index contributed by atoms with van der Waals surface area (Å²) in [5.74, 6) is 0. The Morgan fingerprint density at radius 1 is 1.41 bits per heavy atom. The lowest BCUT2D eigenvalue weighted by atomic mass is 10.3. The number of nitrogens with one attached hydrogen (secondary N) is 1. The molecule has 0 amide bonds. The van der Waals surface area contributed by atoms with Crippen LogP contribution >= 0.6 is 11.3 Å². The number of hydrogen-bond donors (Lipinski definition) is 1. The van der Waals surface area contributed by atoms with Crippen molar-refractivity contribution in [3.05, 3.63) is 48.1 Å². The molecule has 0 aromatic carbocycles. The van der Waals surface area contributed by atoms with Crippen molar-refractivity contribution in [1.29, 1.82) is 0 Å². The summed E-state index contributed by atoms with van der Waals surface area (Å²) in [7, 11) is 0. The van der Waals surface area contributed by atoms with Gasteiger partial charge in [0.25, 0.3) is 0 Å². The molecule has 17 heavy (non-hydrogen) atoms. The Kier molecular flexibility index (Phi) is 4.41. The van der Waals surface area contributed by atoms with Crippen LogP contribution in [0.25, 0.3) is 10.7 Å². The second-order valence-electron chi connectivity index (χ2n) is 3.61. The molecule has 0 aliphatic carbocycles. The first-order valence-corrected chi connectivity index (χ1v) is 6.45. The zero-order valence-corrected chi connectivity index (χ0v) is 10.4. The van der Waals surface area contributed by atoms with Gasteiger partial charge in [-0.3, -0.25) is 4.98 Å². The minimum Gasteiger partial charge on any atom is -0.311 e. The Morgan fingerprint density at radius 2 is 2.35 bits per heavy atom.